The molecule has 156 valence electrons. The van der Waals surface area contributed by atoms with E-state index in [9.17, 15) is 31.4 Å². The molecule has 0 aromatic heterocycles. The van der Waals surface area contributed by atoms with Crippen LogP contribution < -0.4 is 10.6 Å². The predicted octanol–water partition coefficient (Wildman–Crippen LogP) is 3.73. The Balaban J connectivity index is 1.90. The Bertz CT molecular complexity index is 915. The third kappa shape index (κ3) is 6.97. The Morgan fingerprint density at radius 2 is 1.55 bits per heavy atom. The summed E-state index contributed by atoms with van der Waals surface area (Å²) >= 11 is 0. The third-order valence-corrected chi connectivity index (χ3v) is 4.97. The van der Waals surface area contributed by atoms with Gasteiger partial charge in [0.25, 0.3) is 0 Å². The standard InChI is InChI=1S/C19H18F4N2O3S/c1-2-12-3-6-14(7-4-12)24-17(26)10-29(28)11-18(27)25-16-9-13(19(21,22)23)5-8-15(16)20/h3-9H,2,10-11H2,1H3,(H,24,26)(H,25,27)/t29-/m1/s1. The number of aryl methyl sites for hydroxylation is 1. The van der Waals surface area contributed by atoms with Crippen LogP contribution in [0, 0.1) is 5.82 Å². The van der Waals surface area contributed by atoms with Crippen LogP contribution in [0.3, 0.4) is 0 Å². The molecule has 0 spiro atoms. The van der Waals surface area contributed by atoms with Crippen molar-refractivity contribution in [3.63, 3.8) is 0 Å². The molecule has 10 heteroatoms. The van der Waals surface area contributed by atoms with E-state index in [2.05, 4.69) is 5.32 Å². The van der Waals surface area contributed by atoms with E-state index in [-0.39, 0.29) is 0 Å². The molecular weight excluding hydrogens is 412 g/mol. The normalized spacial score (nSPS) is 12.3. The van der Waals surface area contributed by atoms with Crippen molar-refractivity contribution in [2.24, 2.45) is 0 Å². The van der Waals surface area contributed by atoms with Gasteiger partial charge in [-0.2, -0.15) is 13.2 Å². The summed E-state index contributed by atoms with van der Waals surface area (Å²) in [5.74, 6) is -3.79. The predicted molar refractivity (Wildman–Crippen MR) is 102 cm³/mol. The van der Waals surface area contributed by atoms with Crippen molar-refractivity contribution < 1.29 is 31.4 Å². The Hall–Kier alpha value is -2.75. The number of anilines is 2. The Kier molecular flexibility index (Phi) is 7.49. The van der Waals surface area contributed by atoms with E-state index >= 15 is 0 Å². The summed E-state index contributed by atoms with van der Waals surface area (Å²) < 4.78 is 63.7. The average Bonchev–Trinajstić information content (AvgIpc) is 2.62. The van der Waals surface area contributed by atoms with Crippen LogP contribution in [0.1, 0.15) is 18.1 Å². The summed E-state index contributed by atoms with van der Waals surface area (Å²) in [5.41, 5.74) is -0.240. The molecule has 0 unspecified atom stereocenters. The van der Waals surface area contributed by atoms with Crippen molar-refractivity contribution in [3.05, 3.63) is 59.4 Å². The van der Waals surface area contributed by atoms with E-state index in [1.54, 1.807) is 12.1 Å². The van der Waals surface area contributed by atoms with Gasteiger partial charge in [-0.15, -0.1) is 0 Å². The van der Waals surface area contributed by atoms with E-state index in [0.29, 0.717) is 23.9 Å². The van der Waals surface area contributed by atoms with Crippen molar-refractivity contribution >= 4 is 34.0 Å². The number of nitrogens with one attached hydrogen (secondary N) is 2. The molecule has 0 saturated heterocycles. The molecule has 0 heterocycles. The molecule has 2 amide bonds. The zero-order valence-corrected chi connectivity index (χ0v) is 16.1. The van der Waals surface area contributed by atoms with Crippen LogP contribution in [0.15, 0.2) is 42.5 Å². The van der Waals surface area contributed by atoms with Gasteiger partial charge in [-0.1, -0.05) is 19.1 Å². The quantitative estimate of drug-likeness (QED) is 0.658. The molecule has 0 bridgehead atoms. The van der Waals surface area contributed by atoms with Crippen LogP contribution in [-0.4, -0.2) is 27.5 Å². The first-order chi connectivity index (χ1) is 13.6. The average molecular weight is 430 g/mol. The van der Waals surface area contributed by atoms with Crippen molar-refractivity contribution in [2.45, 2.75) is 19.5 Å². The highest BCUT2D eigenvalue weighted by molar-refractivity contribution is 7.86. The van der Waals surface area contributed by atoms with Gasteiger partial charge in [0.15, 0.2) is 0 Å². The van der Waals surface area contributed by atoms with Gasteiger partial charge in [0.1, 0.15) is 17.3 Å². The molecule has 0 aliphatic rings. The first-order valence-electron chi connectivity index (χ1n) is 8.49. The lowest BCUT2D eigenvalue weighted by atomic mass is 10.1. The highest BCUT2D eigenvalue weighted by Gasteiger charge is 2.31. The molecule has 1 atom stereocenters. The Morgan fingerprint density at radius 1 is 0.966 bits per heavy atom. The van der Waals surface area contributed by atoms with Crippen molar-refractivity contribution in [2.75, 3.05) is 22.1 Å². The molecule has 0 aliphatic heterocycles. The minimum atomic E-state index is -4.70. The van der Waals surface area contributed by atoms with Crippen LogP contribution in [0.2, 0.25) is 0 Å². The van der Waals surface area contributed by atoms with Crippen LogP contribution in [0.5, 0.6) is 0 Å². The highest BCUT2D eigenvalue weighted by atomic mass is 32.2. The van der Waals surface area contributed by atoms with Gasteiger partial charge in [0, 0.05) is 16.5 Å². The van der Waals surface area contributed by atoms with Gasteiger partial charge in [0.2, 0.25) is 11.8 Å². The topological polar surface area (TPSA) is 75.3 Å². The van der Waals surface area contributed by atoms with Gasteiger partial charge in [-0.25, -0.2) is 4.39 Å². The second-order valence-corrected chi connectivity index (χ2v) is 7.52. The molecule has 5 nitrogen and oxygen atoms in total. The number of rotatable bonds is 7. The number of carbonyl (C=O) groups is 2. The largest absolute Gasteiger partial charge is 0.416 e. The highest BCUT2D eigenvalue weighted by Crippen LogP contribution is 2.31. The first kappa shape index (κ1) is 22.5. The smallest absolute Gasteiger partial charge is 0.325 e. The lowest BCUT2D eigenvalue weighted by Gasteiger charge is -2.11. The lowest BCUT2D eigenvalue weighted by Crippen LogP contribution is -2.26. The molecule has 2 aromatic rings. The summed E-state index contributed by atoms with van der Waals surface area (Å²) in [4.78, 5) is 23.8. The number of carbonyl (C=O) groups excluding carboxylic acids is 2. The molecule has 2 N–H and O–H groups in total. The minimum absolute atomic E-state index is 0.447. The molecule has 0 fully saturated rings. The molecule has 2 rings (SSSR count). The van der Waals surface area contributed by atoms with E-state index in [4.69, 9.17) is 0 Å². The van der Waals surface area contributed by atoms with Crippen LogP contribution in [-0.2, 0) is 33.0 Å². The zero-order chi connectivity index (χ0) is 21.6. The number of hydrogen-bond acceptors (Lipinski definition) is 3. The van der Waals surface area contributed by atoms with Crippen LogP contribution in [0.4, 0.5) is 28.9 Å². The summed E-state index contributed by atoms with van der Waals surface area (Å²) in [5, 5.41) is 4.48. The van der Waals surface area contributed by atoms with Crippen LogP contribution in [0.25, 0.3) is 0 Å². The Morgan fingerprint density at radius 3 is 2.10 bits per heavy atom. The summed E-state index contributed by atoms with van der Waals surface area (Å²) in [6.45, 7) is 1.98. The fourth-order valence-corrected chi connectivity index (χ4v) is 3.18. The second-order valence-electron chi connectivity index (χ2n) is 6.07. The van der Waals surface area contributed by atoms with Crippen LogP contribution >= 0.6 is 0 Å². The maximum atomic E-state index is 13.6. The second kappa shape index (κ2) is 9.64. The van der Waals surface area contributed by atoms with E-state index in [0.717, 1.165) is 12.0 Å². The van der Waals surface area contributed by atoms with Crippen molar-refractivity contribution in [3.8, 4) is 0 Å². The fourth-order valence-electron chi connectivity index (χ4n) is 2.35. The van der Waals surface area contributed by atoms with Gasteiger partial charge in [-0.05, 0) is 42.3 Å². The zero-order valence-electron chi connectivity index (χ0n) is 15.3. The third-order valence-electron chi connectivity index (χ3n) is 3.80. The van der Waals surface area contributed by atoms with Gasteiger partial charge in [-0.3, -0.25) is 13.8 Å². The molecule has 0 saturated carbocycles. The van der Waals surface area contributed by atoms with E-state index in [1.807, 2.05) is 24.4 Å². The van der Waals surface area contributed by atoms with E-state index < -0.39 is 57.4 Å². The number of halogens is 4. The van der Waals surface area contributed by atoms with Gasteiger partial charge in [0.05, 0.1) is 11.3 Å². The summed E-state index contributed by atoms with van der Waals surface area (Å²) in [6, 6.07) is 8.58. The summed E-state index contributed by atoms with van der Waals surface area (Å²) in [7, 11) is -1.93. The summed E-state index contributed by atoms with van der Waals surface area (Å²) in [6.07, 6.45) is -3.87. The maximum absolute atomic E-state index is 13.6. The SMILES string of the molecule is CCc1ccc(NC(=O)C[S@@](=O)CC(=O)Nc2cc(C(F)(F)F)ccc2F)cc1. The number of alkyl halides is 3. The molecule has 0 aliphatic carbocycles. The Labute approximate surface area is 167 Å². The number of hydrogen-bond donors (Lipinski definition) is 2. The van der Waals surface area contributed by atoms with E-state index in [1.165, 1.54) is 0 Å². The lowest BCUT2D eigenvalue weighted by molar-refractivity contribution is -0.137. The molecule has 29 heavy (non-hydrogen) atoms. The fraction of sp³-hybridized carbons (Fsp3) is 0.263. The van der Waals surface area contributed by atoms with Gasteiger partial charge < -0.3 is 10.6 Å². The van der Waals surface area contributed by atoms with Crippen molar-refractivity contribution in [1.29, 1.82) is 0 Å². The molecular formula is C19H18F4N2O3S. The van der Waals surface area contributed by atoms with Crippen molar-refractivity contribution in [1.82, 2.24) is 0 Å². The van der Waals surface area contributed by atoms with Gasteiger partial charge >= 0.3 is 6.18 Å². The number of benzene rings is 2. The first-order valence-corrected chi connectivity index (χ1v) is 9.97. The minimum Gasteiger partial charge on any atom is -0.325 e. The maximum Gasteiger partial charge on any atom is 0.416 e. The molecule has 0 radical (unpaired) electrons. The number of amides is 2. The monoisotopic (exact) mass is 430 g/mol. The molecule has 2 aromatic carbocycles.